The molecule has 0 aromatic heterocycles. The highest BCUT2D eigenvalue weighted by Gasteiger charge is 2.43. The van der Waals surface area contributed by atoms with Gasteiger partial charge in [0.1, 0.15) is 5.75 Å². The van der Waals surface area contributed by atoms with Crippen molar-refractivity contribution in [1.29, 1.82) is 0 Å². The monoisotopic (exact) mass is 428 g/mol. The number of hydrogen-bond donors (Lipinski definition) is 1. The van der Waals surface area contributed by atoms with E-state index in [1.54, 1.807) is 0 Å². The molecule has 0 radical (unpaired) electrons. The third-order valence-electron chi connectivity index (χ3n) is 5.27. The highest BCUT2D eigenvalue weighted by atomic mass is 19.4. The van der Waals surface area contributed by atoms with Crippen molar-refractivity contribution in [3.05, 3.63) is 29.8 Å². The summed E-state index contributed by atoms with van der Waals surface area (Å²) in [6.07, 6.45) is -3.01. The zero-order valence-electron chi connectivity index (χ0n) is 17.8. The third kappa shape index (κ3) is 7.54. The van der Waals surface area contributed by atoms with Gasteiger partial charge in [0, 0.05) is 26.1 Å². The van der Waals surface area contributed by atoms with Crippen LogP contribution in [0.5, 0.6) is 5.75 Å². The molecule has 0 bridgehead atoms. The number of amides is 2. The molecule has 1 aliphatic heterocycles. The van der Waals surface area contributed by atoms with Gasteiger partial charge in [-0.2, -0.15) is 13.2 Å². The molecule has 0 atom stereocenters. The highest BCUT2D eigenvalue weighted by Crippen LogP contribution is 2.25. The molecule has 1 aromatic carbocycles. The Morgan fingerprint density at radius 3 is 2.23 bits per heavy atom. The zero-order chi connectivity index (χ0) is 22.4. The van der Waals surface area contributed by atoms with Crippen LogP contribution < -0.4 is 10.1 Å². The van der Waals surface area contributed by atoms with Crippen molar-refractivity contribution in [2.75, 3.05) is 26.2 Å². The fourth-order valence-electron chi connectivity index (χ4n) is 3.34. The van der Waals surface area contributed by atoms with E-state index in [9.17, 15) is 22.8 Å². The molecule has 168 valence electrons. The minimum Gasteiger partial charge on any atom is -0.494 e. The second-order valence-electron chi connectivity index (χ2n) is 8.76. The Morgan fingerprint density at radius 2 is 1.70 bits per heavy atom. The van der Waals surface area contributed by atoms with Gasteiger partial charge in [0.25, 0.3) is 0 Å². The average Bonchev–Trinajstić information content (AvgIpc) is 2.68. The Bertz CT molecular complexity index is 704. The molecule has 0 saturated carbocycles. The molecular formula is C22H31F3N2O3. The van der Waals surface area contributed by atoms with E-state index in [1.807, 2.05) is 24.3 Å². The summed E-state index contributed by atoms with van der Waals surface area (Å²) in [7, 11) is 0. The van der Waals surface area contributed by atoms with Gasteiger partial charge in [0.2, 0.25) is 5.91 Å². The van der Waals surface area contributed by atoms with Crippen LogP contribution in [0.2, 0.25) is 0 Å². The Labute approximate surface area is 176 Å². The molecule has 30 heavy (non-hydrogen) atoms. The number of alkyl halides is 3. The fourth-order valence-corrected chi connectivity index (χ4v) is 3.34. The topological polar surface area (TPSA) is 58.6 Å². The number of ether oxygens (including phenoxy) is 1. The van der Waals surface area contributed by atoms with Gasteiger partial charge in [-0.1, -0.05) is 32.9 Å². The lowest BCUT2D eigenvalue weighted by Gasteiger charge is -2.32. The van der Waals surface area contributed by atoms with Crippen molar-refractivity contribution in [2.45, 2.75) is 58.0 Å². The van der Waals surface area contributed by atoms with Gasteiger partial charge in [-0.05, 0) is 48.3 Å². The summed E-state index contributed by atoms with van der Waals surface area (Å²) in [4.78, 5) is 24.0. The molecule has 0 spiro atoms. The van der Waals surface area contributed by atoms with E-state index in [0.717, 1.165) is 10.6 Å². The van der Waals surface area contributed by atoms with Gasteiger partial charge in [0.15, 0.2) is 0 Å². The molecule has 1 aromatic rings. The SMILES string of the molecule is CC(C)(C)c1ccc(OCCCC(=O)NCC2CCN(C(=O)C(F)(F)F)CC2)cc1. The van der Waals surface area contributed by atoms with Gasteiger partial charge < -0.3 is 15.0 Å². The largest absolute Gasteiger partial charge is 0.494 e. The van der Waals surface area contributed by atoms with Crippen LogP contribution in [-0.2, 0) is 15.0 Å². The summed E-state index contributed by atoms with van der Waals surface area (Å²) in [5.41, 5.74) is 1.31. The number of carbonyl (C=O) groups excluding carboxylic acids is 2. The van der Waals surface area contributed by atoms with E-state index in [1.165, 1.54) is 5.56 Å². The molecule has 1 N–H and O–H groups in total. The Kier molecular flexibility index (Phi) is 8.15. The number of carbonyl (C=O) groups is 2. The van der Waals surface area contributed by atoms with Crippen LogP contribution in [0, 0.1) is 5.92 Å². The predicted molar refractivity (Wildman–Crippen MR) is 108 cm³/mol. The first-order chi connectivity index (χ1) is 14.0. The van der Waals surface area contributed by atoms with E-state index in [2.05, 4.69) is 26.1 Å². The van der Waals surface area contributed by atoms with Gasteiger partial charge in [-0.25, -0.2) is 0 Å². The number of likely N-dealkylation sites (tertiary alicyclic amines) is 1. The number of rotatable bonds is 7. The lowest BCUT2D eigenvalue weighted by Crippen LogP contribution is -2.46. The van der Waals surface area contributed by atoms with E-state index >= 15 is 0 Å². The van der Waals surface area contributed by atoms with Crippen LogP contribution in [0.4, 0.5) is 13.2 Å². The molecule has 5 nitrogen and oxygen atoms in total. The molecular weight excluding hydrogens is 397 g/mol. The summed E-state index contributed by atoms with van der Waals surface area (Å²) in [5, 5.41) is 2.83. The van der Waals surface area contributed by atoms with Crippen molar-refractivity contribution >= 4 is 11.8 Å². The molecule has 0 unspecified atom stereocenters. The smallest absolute Gasteiger partial charge is 0.471 e. The second-order valence-corrected chi connectivity index (χ2v) is 8.76. The highest BCUT2D eigenvalue weighted by molar-refractivity contribution is 5.81. The van der Waals surface area contributed by atoms with Gasteiger partial charge in [-0.15, -0.1) is 0 Å². The quantitative estimate of drug-likeness (QED) is 0.667. The number of nitrogens with zero attached hydrogens (tertiary/aromatic N) is 1. The maximum absolute atomic E-state index is 12.4. The van der Waals surface area contributed by atoms with E-state index < -0.39 is 12.1 Å². The zero-order valence-corrected chi connectivity index (χ0v) is 17.8. The van der Waals surface area contributed by atoms with Crippen molar-refractivity contribution in [3.8, 4) is 5.75 Å². The molecule has 1 saturated heterocycles. The number of nitrogens with one attached hydrogen (secondary N) is 1. The summed E-state index contributed by atoms with van der Waals surface area (Å²) >= 11 is 0. The lowest BCUT2D eigenvalue weighted by atomic mass is 9.87. The summed E-state index contributed by atoms with van der Waals surface area (Å²) in [5.74, 6) is -1.03. The Morgan fingerprint density at radius 1 is 1.10 bits per heavy atom. The van der Waals surface area contributed by atoms with E-state index in [-0.39, 0.29) is 30.3 Å². The molecule has 1 heterocycles. The third-order valence-corrected chi connectivity index (χ3v) is 5.27. The molecule has 1 fully saturated rings. The van der Waals surface area contributed by atoms with Crippen LogP contribution in [0.25, 0.3) is 0 Å². The fraction of sp³-hybridized carbons (Fsp3) is 0.636. The summed E-state index contributed by atoms with van der Waals surface area (Å²) in [6.45, 7) is 7.43. The number of piperidine rings is 1. The summed E-state index contributed by atoms with van der Waals surface area (Å²) < 4.78 is 43.0. The Hall–Kier alpha value is -2.25. The van der Waals surface area contributed by atoms with Crippen LogP contribution in [0.1, 0.15) is 52.0 Å². The molecule has 2 amide bonds. The van der Waals surface area contributed by atoms with Crippen LogP contribution >= 0.6 is 0 Å². The van der Waals surface area contributed by atoms with Gasteiger partial charge in [-0.3, -0.25) is 9.59 Å². The minimum absolute atomic E-state index is 0.0702. The minimum atomic E-state index is -4.82. The van der Waals surface area contributed by atoms with Crippen molar-refractivity contribution in [2.24, 2.45) is 5.92 Å². The standard InChI is InChI=1S/C22H31F3N2O3/c1-21(2,3)17-6-8-18(9-7-17)30-14-4-5-19(28)26-15-16-10-12-27(13-11-16)20(29)22(23,24)25/h6-9,16H,4-5,10-15H2,1-3H3,(H,26,28). The van der Waals surface area contributed by atoms with Crippen molar-refractivity contribution in [3.63, 3.8) is 0 Å². The molecule has 8 heteroatoms. The van der Waals surface area contributed by atoms with E-state index in [0.29, 0.717) is 38.8 Å². The van der Waals surface area contributed by atoms with Crippen molar-refractivity contribution < 1.29 is 27.5 Å². The lowest BCUT2D eigenvalue weighted by molar-refractivity contribution is -0.186. The van der Waals surface area contributed by atoms with E-state index in [4.69, 9.17) is 4.74 Å². The van der Waals surface area contributed by atoms with Crippen LogP contribution in [0.15, 0.2) is 24.3 Å². The first kappa shape index (κ1) is 24.0. The van der Waals surface area contributed by atoms with Crippen LogP contribution in [0.3, 0.4) is 0 Å². The molecule has 1 aliphatic rings. The molecule has 0 aliphatic carbocycles. The summed E-state index contributed by atoms with van der Waals surface area (Å²) in [6, 6.07) is 7.93. The van der Waals surface area contributed by atoms with Crippen LogP contribution in [-0.4, -0.2) is 49.1 Å². The van der Waals surface area contributed by atoms with Crippen molar-refractivity contribution in [1.82, 2.24) is 10.2 Å². The number of hydrogen-bond acceptors (Lipinski definition) is 3. The maximum Gasteiger partial charge on any atom is 0.471 e. The predicted octanol–water partition coefficient (Wildman–Crippen LogP) is 4.06. The Balaban J connectivity index is 1.59. The molecule has 2 rings (SSSR count). The first-order valence-electron chi connectivity index (χ1n) is 10.3. The van der Waals surface area contributed by atoms with Gasteiger partial charge in [0.05, 0.1) is 6.61 Å². The second kappa shape index (κ2) is 10.2. The van der Waals surface area contributed by atoms with Gasteiger partial charge >= 0.3 is 12.1 Å². The normalized spacial score (nSPS) is 15.7. The maximum atomic E-state index is 12.4. The first-order valence-corrected chi connectivity index (χ1v) is 10.3. The number of halogens is 3. The number of benzene rings is 1. The average molecular weight is 428 g/mol.